The molecule has 5 nitrogen and oxygen atoms in total. The van der Waals surface area contributed by atoms with Gasteiger partial charge in [-0.25, -0.2) is 0 Å². The zero-order valence-electron chi connectivity index (χ0n) is 10.2. The second kappa shape index (κ2) is 6.93. The fraction of sp³-hybridized carbons (Fsp3) is 0.917. The van der Waals surface area contributed by atoms with Crippen molar-refractivity contribution in [2.45, 2.75) is 37.9 Å². The van der Waals surface area contributed by atoms with Crippen LogP contribution in [0.5, 0.6) is 0 Å². The summed E-state index contributed by atoms with van der Waals surface area (Å²) in [4.78, 5) is 11.6. The lowest BCUT2D eigenvalue weighted by atomic mass is 10.1. The molecule has 2 heterocycles. The van der Waals surface area contributed by atoms with Crippen LogP contribution in [-0.2, 0) is 14.3 Å². The van der Waals surface area contributed by atoms with Gasteiger partial charge in [-0.3, -0.25) is 4.79 Å². The zero-order valence-corrected chi connectivity index (χ0v) is 10.2. The third-order valence-corrected chi connectivity index (χ3v) is 3.25. The number of ether oxygens (including phenoxy) is 2. The van der Waals surface area contributed by atoms with Crippen molar-refractivity contribution in [1.82, 2.24) is 10.6 Å². The van der Waals surface area contributed by atoms with Crippen LogP contribution in [-0.4, -0.2) is 51.0 Å². The monoisotopic (exact) mass is 242 g/mol. The molecule has 1 amide bonds. The van der Waals surface area contributed by atoms with Crippen LogP contribution in [0, 0.1) is 0 Å². The summed E-state index contributed by atoms with van der Waals surface area (Å²) in [5, 5.41) is 6.16. The molecule has 2 aliphatic heterocycles. The minimum atomic E-state index is 0.106. The summed E-state index contributed by atoms with van der Waals surface area (Å²) in [7, 11) is 0. The summed E-state index contributed by atoms with van der Waals surface area (Å²) in [5.41, 5.74) is 0. The third kappa shape index (κ3) is 4.61. The molecular weight excluding hydrogens is 220 g/mol. The van der Waals surface area contributed by atoms with Crippen LogP contribution < -0.4 is 10.6 Å². The highest BCUT2D eigenvalue weighted by Gasteiger charge is 2.18. The number of carbonyl (C=O) groups excluding carboxylic acids is 1. The van der Waals surface area contributed by atoms with E-state index in [4.69, 9.17) is 9.47 Å². The molecule has 2 rings (SSSR count). The van der Waals surface area contributed by atoms with Gasteiger partial charge in [0.15, 0.2) is 0 Å². The molecule has 0 aromatic rings. The molecule has 0 bridgehead atoms. The van der Waals surface area contributed by atoms with Crippen molar-refractivity contribution >= 4 is 5.91 Å². The topological polar surface area (TPSA) is 59.6 Å². The molecule has 0 radical (unpaired) electrons. The van der Waals surface area contributed by atoms with Gasteiger partial charge >= 0.3 is 0 Å². The van der Waals surface area contributed by atoms with Crippen LogP contribution in [0.2, 0.25) is 0 Å². The van der Waals surface area contributed by atoms with Gasteiger partial charge in [-0.15, -0.1) is 0 Å². The van der Waals surface area contributed by atoms with Crippen molar-refractivity contribution in [3.05, 3.63) is 0 Å². The van der Waals surface area contributed by atoms with Crippen LogP contribution in [0.15, 0.2) is 0 Å². The van der Waals surface area contributed by atoms with E-state index in [9.17, 15) is 4.79 Å². The van der Waals surface area contributed by atoms with E-state index in [1.807, 2.05) is 0 Å². The van der Waals surface area contributed by atoms with Crippen LogP contribution in [0.4, 0.5) is 0 Å². The minimum Gasteiger partial charge on any atom is -0.378 e. The Labute approximate surface area is 102 Å². The summed E-state index contributed by atoms with van der Waals surface area (Å²) in [6.45, 7) is 3.93. The van der Waals surface area contributed by atoms with E-state index in [-0.39, 0.29) is 12.0 Å². The first kappa shape index (κ1) is 12.8. The maximum Gasteiger partial charge on any atom is 0.220 e. The number of hydrogen-bond acceptors (Lipinski definition) is 4. The van der Waals surface area contributed by atoms with Gasteiger partial charge in [0.05, 0.1) is 18.8 Å². The van der Waals surface area contributed by atoms with Gasteiger partial charge in [-0.1, -0.05) is 0 Å². The SMILES string of the molecule is O=C(CCC1CCCO1)NCC1CNCCO1. The highest BCUT2D eigenvalue weighted by Crippen LogP contribution is 2.16. The first-order chi connectivity index (χ1) is 8.34. The Morgan fingerprint density at radius 2 is 2.18 bits per heavy atom. The van der Waals surface area contributed by atoms with Gasteiger partial charge < -0.3 is 20.1 Å². The summed E-state index contributed by atoms with van der Waals surface area (Å²) in [6.07, 6.45) is 4.06. The minimum absolute atomic E-state index is 0.106. The predicted octanol–water partition coefficient (Wildman–Crippen LogP) is 0.0502. The zero-order chi connectivity index (χ0) is 11.9. The Morgan fingerprint density at radius 1 is 1.29 bits per heavy atom. The number of nitrogens with one attached hydrogen (secondary N) is 2. The van der Waals surface area contributed by atoms with E-state index in [1.165, 1.54) is 0 Å². The number of amides is 1. The molecule has 0 aliphatic carbocycles. The Morgan fingerprint density at radius 3 is 2.88 bits per heavy atom. The summed E-state index contributed by atoms with van der Waals surface area (Å²) in [6, 6.07) is 0. The number of hydrogen-bond donors (Lipinski definition) is 2. The first-order valence-corrected chi connectivity index (χ1v) is 6.55. The second-order valence-corrected chi connectivity index (χ2v) is 4.67. The van der Waals surface area contributed by atoms with Crippen molar-refractivity contribution in [1.29, 1.82) is 0 Å². The molecule has 0 aromatic heterocycles. The molecule has 2 atom stereocenters. The Hall–Kier alpha value is -0.650. The summed E-state index contributed by atoms with van der Waals surface area (Å²) < 4.78 is 11.0. The molecule has 2 N–H and O–H groups in total. The standard InChI is InChI=1S/C12H22N2O3/c15-12(4-3-10-2-1-6-16-10)14-9-11-8-13-5-7-17-11/h10-11,13H,1-9H2,(H,14,15). The summed E-state index contributed by atoms with van der Waals surface area (Å²) >= 11 is 0. The van der Waals surface area contributed by atoms with Gasteiger partial charge in [0.1, 0.15) is 0 Å². The molecule has 17 heavy (non-hydrogen) atoms. The van der Waals surface area contributed by atoms with Crippen molar-refractivity contribution in [2.24, 2.45) is 0 Å². The van der Waals surface area contributed by atoms with Crippen molar-refractivity contribution < 1.29 is 14.3 Å². The highest BCUT2D eigenvalue weighted by molar-refractivity contribution is 5.75. The van der Waals surface area contributed by atoms with Crippen molar-refractivity contribution in [3.8, 4) is 0 Å². The first-order valence-electron chi connectivity index (χ1n) is 6.55. The number of rotatable bonds is 5. The van der Waals surface area contributed by atoms with E-state index in [0.717, 1.165) is 45.6 Å². The average molecular weight is 242 g/mol. The largest absolute Gasteiger partial charge is 0.378 e. The lowest BCUT2D eigenvalue weighted by Gasteiger charge is -2.23. The highest BCUT2D eigenvalue weighted by atomic mass is 16.5. The van der Waals surface area contributed by atoms with Gasteiger partial charge in [-0.2, -0.15) is 0 Å². The van der Waals surface area contributed by atoms with E-state index in [2.05, 4.69) is 10.6 Å². The molecule has 2 unspecified atom stereocenters. The molecule has 0 spiro atoms. The van der Waals surface area contributed by atoms with Crippen LogP contribution in [0.3, 0.4) is 0 Å². The second-order valence-electron chi connectivity index (χ2n) is 4.67. The Kier molecular flexibility index (Phi) is 5.22. The smallest absolute Gasteiger partial charge is 0.220 e. The third-order valence-electron chi connectivity index (χ3n) is 3.25. The molecule has 98 valence electrons. The lowest BCUT2D eigenvalue weighted by molar-refractivity contribution is -0.122. The molecular formula is C12H22N2O3. The maximum absolute atomic E-state index is 11.6. The quantitative estimate of drug-likeness (QED) is 0.715. The lowest BCUT2D eigenvalue weighted by Crippen LogP contribution is -2.45. The predicted molar refractivity (Wildman–Crippen MR) is 63.8 cm³/mol. The van der Waals surface area contributed by atoms with Crippen molar-refractivity contribution in [2.75, 3.05) is 32.8 Å². The van der Waals surface area contributed by atoms with E-state index < -0.39 is 0 Å². The molecule has 0 aromatic carbocycles. The average Bonchev–Trinajstić information content (AvgIpc) is 2.88. The number of morpholine rings is 1. The number of carbonyl (C=O) groups is 1. The fourth-order valence-electron chi connectivity index (χ4n) is 2.23. The molecule has 5 heteroatoms. The Bertz CT molecular complexity index is 236. The van der Waals surface area contributed by atoms with Gasteiger partial charge in [-0.05, 0) is 19.3 Å². The van der Waals surface area contributed by atoms with Gasteiger partial charge in [0, 0.05) is 32.7 Å². The Balaban J connectivity index is 1.53. The van der Waals surface area contributed by atoms with Crippen molar-refractivity contribution in [3.63, 3.8) is 0 Å². The molecule has 2 aliphatic rings. The van der Waals surface area contributed by atoms with Crippen LogP contribution in [0.1, 0.15) is 25.7 Å². The van der Waals surface area contributed by atoms with E-state index in [0.29, 0.717) is 19.1 Å². The fourth-order valence-corrected chi connectivity index (χ4v) is 2.23. The molecule has 0 saturated carbocycles. The maximum atomic E-state index is 11.6. The summed E-state index contributed by atoms with van der Waals surface area (Å²) in [5.74, 6) is 0.106. The van der Waals surface area contributed by atoms with Gasteiger partial charge in [0.25, 0.3) is 0 Å². The van der Waals surface area contributed by atoms with Crippen LogP contribution >= 0.6 is 0 Å². The van der Waals surface area contributed by atoms with Gasteiger partial charge in [0.2, 0.25) is 5.91 Å². The molecule has 2 fully saturated rings. The normalized spacial score (nSPS) is 29.2. The van der Waals surface area contributed by atoms with E-state index in [1.54, 1.807) is 0 Å². The molecule has 2 saturated heterocycles. The van der Waals surface area contributed by atoms with Crippen LogP contribution in [0.25, 0.3) is 0 Å². The van der Waals surface area contributed by atoms with E-state index >= 15 is 0 Å².